The fourth-order valence-corrected chi connectivity index (χ4v) is 3.52. The van der Waals surface area contributed by atoms with Gasteiger partial charge in [0.2, 0.25) is 5.79 Å². The molecule has 1 fully saturated rings. The van der Waals surface area contributed by atoms with Crippen LogP contribution in [-0.2, 0) is 21.5 Å². The van der Waals surface area contributed by atoms with Crippen molar-refractivity contribution in [3.8, 4) is 5.75 Å². The summed E-state index contributed by atoms with van der Waals surface area (Å²) in [6.45, 7) is 2.89. The van der Waals surface area contributed by atoms with Crippen LogP contribution in [0.1, 0.15) is 30.9 Å². The molecule has 0 radical (unpaired) electrons. The van der Waals surface area contributed by atoms with Crippen molar-refractivity contribution in [3.05, 3.63) is 65.7 Å². The molecule has 33 heavy (non-hydrogen) atoms. The highest BCUT2D eigenvalue weighted by Crippen LogP contribution is 2.35. The molecule has 2 aromatic carbocycles. The smallest absolute Gasteiger partial charge is 0.261 e. The molecular formula is C21H35NO10S. The zero-order valence-corrected chi connectivity index (χ0v) is 19.3. The zero-order chi connectivity index (χ0) is 22.6. The number of nitrogens with zero attached hydrogens (tertiary/aromatic N) is 1. The van der Waals surface area contributed by atoms with Crippen molar-refractivity contribution in [1.82, 2.24) is 4.90 Å². The molecule has 12 heteroatoms. The van der Waals surface area contributed by atoms with Gasteiger partial charge >= 0.3 is 0 Å². The molecule has 0 bridgehead atoms. The van der Waals surface area contributed by atoms with E-state index in [1.54, 1.807) is 6.92 Å². The van der Waals surface area contributed by atoms with Crippen molar-refractivity contribution in [1.29, 1.82) is 0 Å². The van der Waals surface area contributed by atoms with Gasteiger partial charge in [0.25, 0.3) is 10.1 Å². The van der Waals surface area contributed by atoms with E-state index in [9.17, 15) is 28.8 Å². The van der Waals surface area contributed by atoms with Crippen LogP contribution in [0.4, 0.5) is 0 Å². The van der Waals surface area contributed by atoms with E-state index in [0.29, 0.717) is 37.8 Å². The summed E-state index contributed by atoms with van der Waals surface area (Å²) in [7, 11) is -3.67. The topological polar surface area (TPSA) is 233 Å². The van der Waals surface area contributed by atoms with Gasteiger partial charge in [-0.05, 0) is 49.6 Å². The first-order valence-electron chi connectivity index (χ1n) is 9.51. The average molecular weight is 494 g/mol. The molecule has 1 heterocycles. The van der Waals surface area contributed by atoms with Gasteiger partial charge in [0.15, 0.2) is 0 Å². The highest BCUT2D eigenvalue weighted by atomic mass is 32.2. The summed E-state index contributed by atoms with van der Waals surface area (Å²) < 4.78 is 25.9. The SMILES string of the molecule is CS(=O)(=O)O.C[C@H](N1CCC(O)(c2ccccc2)CC1)C(O)(O)c1ccc(O)cc1.O.O.O. The van der Waals surface area contributed by atoms with Crippen molar-refractivity contribution >= 4 is 10.1 Å². The largest absolute Gasteiger partial charge is 0.508 e. The minimum atomic E-state index is -3.67. The maximum atomic E-state index is 10.9. The second-order valence-corrected chi connectivity index (χ2v) is 9.08. The number of piperidine rings is 1. The van der Waals surface area contributed by atoms with Crippen LogP contribution >= 0.6 is 0 Å². The molecule has 190 valence electrons. The third kappa shape index (κ3) is 9.33. The summed E-state index contributed by atoms with van der Waals surface area (Å²) >= 11 is 0. The van der Waals surface area contributed by atoms with E-state index in [-0.39, 0.29) is 22.2 Å². The normalized spacial score (nSPS) is 16.5. The lowest BCUT2D eigenvalue weighted by molar-refractivity contribution is -0.218. The summed E-state index contributed by atoms with van der Waals surface area (Å²) in [6.07, 6.45) is 1.78. The van der Waals surface area contributed by atoms with Crippen molar-refractivity contribution in [2.24, 2.45) is 0 Å². The Hall–Kier alpha value is -2.13. The molecule has 1 aliphatic heterocycles. The Morgan fingerprint density at radius 2 is 1.36 bits per heavy atom. The minimum Gasteiger partial charge on any atom is -0.508 e. The first-order valence-corrected chi connectivity index (χ1v) is 11.4. The van der Waals surface area contributed by atoms with E-state index in [1.165, 1.54) is 24.3 Å². The van der Waals surface area contributed by atoms with Gasteiger partial charge in [0.1, 0.15) is 5.75 Å². The Kier molecular flexibility index (Phi) is 13.0. The molecular weight excluding hydrogens is 458 g/mol. The molecule has 0 amide bonds. The molecule has 11 nitrogen and oxygen atoms in total. The van der Waals surface area contributed by atoms with Crippen LogP contribution in [0, 0.1) is 0 Å². The van der Waals surface area contributed by atoms with Crippen LogP contribution in [0.5, 0.6) is 5.75 Å². The van der Waals surface area contributed by atoms with Crippen molar-refractivity contribution < 1.29 is 49.8 Å². The summed E-state index contributed by atoms with van der Waals surface area (Å²) in [5, 5.41) is 41.5. The molecule has 11 N–H and O–H groups in total. The molecule has 2 aromatic rings. The number of aromatic hydroxyl groups is 1. The second kappa shape index (κ2) is 12.9. The van der Waals surface area contributed by atoms with E-state index in [0.717, 1.165) is 5.56 Å². The Morgan fingerprint density at radius 3 is 1.79 bits per heavy atom. The summed E-state index contributed by atoms with van der Waals surface area (Å²) in [5.74, 6) is -1.95. The Labute approximate surface area is 193 Å². The number of hydrogen-bond acceptors (Lipinski definition) is 7. The Morgan fingerprint density at radius 1 is 0.939 bits per heavy atom. The number of phenols is 1. The molecule has 3 rings (SSSR count). The van der Waals surface area contributed by atoms with Crippen LogP contribution in [-0.4, -0.2) is 80.1 Å². The van der Waals surface area contributed by atoms with Crippen LogP contribution in [0.25, 0.3) is 0 Å². The number of benzene rings is 2. The first-order chi connectivity index (χ1) is 13.8. The van der Waals surface area contributed by atoms with Gasteiger partial charge in [0.05, 0.1) is 17.9 Å². The predicted octanol–water partition coefficient (Wildman–Crippen LogP) is -1.07. The second-order valence-electron chi connectivity index (χ2n) is 7.62. The van der Waals surface area contributed by atoms with Crippen molar-refractivity contribution in [3.63, 3.8) is 0 Å². The lowest BCUT2D eigenvalue weighted by atomic mass is 9.83. The molecule has 0 aromatic heterocycles. The van der Waals surface area contributed by atoms with Gasteiger partial charge in [-0.2, -0.15) is 8.42 Å². The van der Waals surface area contributed by atoms with Crippen molar-refractivity contribution in [2.75, 3.05) is 19.3 Å². The maximum Gasteiger partial charge on any atom is 0.261 e. The highest BCUT2D eigenvalue weighted by molar-refractivity contribution is 7.85. The molecule has 1 atom stereocenters. The van der Waals surface area contributed by atoms with Gasteiger partial charge in [0, 0.05) is 18.7 Å². The fraction of sp³-hybridized carbons (Fsp3) is 0.429. The monoisotopic (exact) mass is 493 g/mol. The van der Waals surface area contributed by atoms with Crippen LogP contribution < -0.4 is 0 Å². The molecule has 0 unspecified atom stereocenters. The standard InChI is InChI=1S/C20H25NO4.CH4O3S.3H2O/c1-15(20(24,25)17-7-9-18(22)10-8-17)21-13-11-19(23,12-14-21)16-5-3-2-4-6-16;1-5(2,3)4;;;/h2-10,15,22-25H,11-14H2,1H3;1H3,(H,2,3,4);3*1H2/t15-;;;;/m0..../s1. The molecule has 0 aliphatic carbocycles. The third-order valence-corrected chi connectivity index (χ3v) is 5.36. The fourth-order valence-electron chi connectivity index (χ4n) is 3.52. The lowest BCUT2D eigenvalue weighted by Gasteiger charge is -2.44. The van der Waals surface area contributed by atoms with E-state index < -0.39 is 27.5 Å². The number of hydrogen-bond donors (Lipinski definition) is 5. The van der Waals surface area contributed by atoms with Gasteiger partial charge in [-0.3, -0.25) is 9.45 Å². The van der Waals surface area contributed by atoms with Crippen LogP contribution in [0.3, 0.4) is 0 Å². The summed E-state index contributed by atoms with van der Waals surface area (Å²) in [5.41, 5.74) is 0.366. The molecule has 0 spiro atoms. The average Bonchev–Trinajstić information content (AvgIpc) is 2.68. The zero-order valence-electron chi connectivity index (χ0n) is 18.5. The Bertz CT molecular complexity index is 904. The van der Waals surface area contributed by atoms with E-state index in [1.807, 2.05) is 35.2 Å². The quantitative estimate of drug-likeness (QED) is 0.259. The van der Waals surface area contributed by atoms with Crippen LogP contribution in [0.15, 0.2) is 54.6 Å². The van der Waals surface area contributed by atoms with Crippen LogP contribution in [0.2, 0.25) is 0 Å². The number of rotatable bonds is 4. The van der Waals surface area contributed by atoms with E-state index >= 15 is 0 Å². The minimum absolute atomic E-state index is 0. The van der Waals surface area contributed by atoms with Gasteiger partial charge in [-0.1, -0.05) is 30.3 Å². The number of aliphatic hydroxyl groups is 3. The number of likely N-dealkylation sites (tertiary alicyclic amines) is 1. The lowest BCUT2D eigenvalue weighted by Crippen LogP contribution is -2.54. The van der Waals surface area contributed by atoms with Gasteiger partial charge < -0.3 is 36.9 Å². The summed E-state index contributed by atoms with van der Waals surface area (Å²) in [4.78, 5) is 1.98. The van der Waals surface area contributed by atoms with Gasteiger partial charge in [-0.15, -0.1) is 0 Å². The summed E-state index contributed by atoms with van der Waals surface area (Å²) in [6, 6.07) is 15.0. The number of phenolic OH excluding ortho intramolecular Hbond substituents is 1. The predicted molar refractivity (Wildman–Crippen MR) is 123 cm³/mol. The molecule has 1 saturated heterocycles. The highest BCUT2D eigenvalue weighted by Gasteiger charge is 2.41. The van der Waals surface area contributed by atoms with E-state index in [2.05, 4.69) is 0 Å². The van der Waals surface area contributed by atoms with E-state index in [4.69, 9.17) is 4.55 Å². The maximum absolute atomic E-state index is 10.9. The molecule has 1 aliphatic rings. The first kappa shape index (κ1) is 33.0. The Balaban J connectivity index is 0. The van der Waals surface area contributed by atoms with Crippen molar-refractivity contribution in [2.45, 2.75) is 37.2 Å². The third-order valence-electron chi connectivity index (χ3n) is 5.36. The van der Waals surface area contributed by atoms with Gasteiger partial charge in [-0.25, -0.2) is 0 Å². The molecule has 0 saturated carbocycles.